The van der Waals surface area contributed by atoms with Gasteiger partial charge in [-0.1, -0.05) is 18.2 Å². The molecule has 0 radical (unpaired) electrons. The van der Waals surface area contributed by atoms with Crippen LogP contribution in [0.15, 0.2) is 53.4 Å². The minimum Gasteiger partial charge on any atom is -0.449 e. The average Bonchev–Trinajstić information content (AvgIpc) is 2.60. The Morgan fingerprint density at radius 1 is 1.15 bits per heavy atom. The number of likely N-dealkylation sites (N-methyl/N-ethyl adjacent to an activating group) is 1. The van der Waals surface area contributed by atoms with E-state index in [1.807, 2.05) is 0 Å². The Kier molecular flexibility index (Phi) is 5.73. The Morgan fingerprint density at radius 2 is 1.77 bits per heavy atom. The summed E-state index contributed by atoms with van der Waals surface area (Å²) in [5, 5.41) is 4.97. The number of anilines is 1. The molecule has 0 aromatic heterocycles. The maximum absolute atomic E-state index is 13.9. The quantitative estimate of drug-likeness (QED) is 0.794. The van der Waals surface area contributed by atoms with Gasteiger partial charge in [0.2, 0.25) is 10.0 Å². The summed E-state index contributed by atoms with van der Waals surface area (Å²) in [5.41, 5.74) is -0.0404. The van der Waals surface area contributed by atoms with Crippen molar-refractivity contribution < 1.29 is 27.1 Å². The summed E-state index contributed by atoms with van der Waals surface area (Å²) >= 11 is 0. The second kappa shape index (κ2) is 7.63. The largest absolute Gasteiger partial charge is 0.449 e. The van der Waals surface area contributed by atoms with Crippen molar-refractivity contribution >= 4 is 27.6 Å². The number of nitrogens with two attached hydrogens (primary N) is 1. The van der Waals surface area contributed by atoms with Crippen LogP contribution in [0.5, 0.6) is 0 Å². The standard InChI is InChI=1S/C17H17FN2O5S/c1-11(16(21)20(2)12-6-4-3-5-7-12)25-17(22)14-10-13(26(19,23)24)8-9-15(14)18/h3-11H,1-2H3,(H2,19,23,24)/t11-/m0/s1. The molecular weight excluding hydrogens is 363 g/mol. The van der Waals surface area contributed by atoms with Crippen LogP contribution in [0, 0.1) is 5.82 Å². The normalized spacial score (nSPS) is 12.3. The summed E-state index contributed by atoms with van der Waals surface area (Å²) in [5.74, 6) is -2.69. The predicted octanol–water partition coefficient (Wildman–Crippen LogP) is 1.68. The average molecular weight is 380 g/mol. The fraction of sp³-hybridized carbons (Fsp3) is 0.176. The van der Waals surface area contributed by atoms with E-state index in [4.69, 9.17) is 9.88 Å². The summed E-state index contributed by atoms with van der Waals surface area (Å²) in [6.45, 7) is 1.33. The van der Waals surface area contributed by atoms with Crippen LogP contribution in [0.1, 0.15) is 17.3 Å². The molecule has 0 aliphatic carbocycles. The Labute approximate surface area is 150 Å². The first-order chi connectivity index (χ1) is 12.1. The van der Waals surface area contributed by atoms with Gasteiger partial charge in [-0.05, 0) is 37.3 Å². The third-order valence-corrected chi connectivity index (χ3v) is 4.50. The third kappa shape index (κ3) is 4.44. The van der Waals surface area contributed by atoms with E-state index in [2.05, 4.69) is 0 Å². The van der Waals surface area contributed by atoms with E-state index in [1.165, 1.54) is 18.9 Å². The van der Waals surface area contributed by atoms with Crippen LogP contribution in [-0.2, 0) is 19.6 Å². The second-order valence-corrected chi connectivity index (χ2v) is 7.03. The lowest BCUT2D eigenvalue weighted by Crippen LogP contribution is -2.37. The Balaban J connectivity index is 2.18. The summed E-state index contributed by atoms with van der Waals surface area (Å²) in [7, 11) is -2.62. The van der Waals surface area contributed by atoms with Crippen molar-refractivity contribution in [2.24, 2.45) is 5.14 Å². The number of sulfonamides is 1. The van der Waals surface area contributed by atoms with Crippen LogP contribution >= 0.6 is 0 Å². The monoisotopic (exact) mass is 380 g/mol. The fourth-order valence-corrected chi connectivity index (χ4v) is 2.70. The highest BCUT2D eigenvalue weighted by molar-refractivity contribution is 7.89. The maximum Gasteiger partial charge on any atom is 0.341 e. The van der Waals surface area contributed by atoms with Crippen LogP contribution in [0.3, 0.4) is 0 Å². The first kappa shape index (κ1) is 19.5. The van der Waals surface area contributed by atoms with Gasteiger partial charge in [0.25, 0.3) is 5.91 Å². The molecule has 0 bridgehead atoms. The van der Waals surface area contributed by atoms with Crippen molar-refractivity contribution in [1.82, 2.24) is 0 Å². The fourth-order valence-electron chi connectivity index (χ4n) is 2.16. The lowest BCUT2D eigenvalue weighted by Gasteiger charge is -2.21. The highest BCUT2D eigenvalue weighted by Gasteiger charge is 2.25. The van der Waals surface area contributed by atoms with Gasteiger partial charge in [0, 0.05) is 12.7 Å². The summed E-state index contributed by atoms with van der Waals surface area (Å²) in [6.07, 6.45) is -1.22. The van der Waals surface area contributed by atoms with Gasteiger partial charge in [0.15, 0.2) is 6.10 Å². The van der Waals surface area contributed by atoms with Gasteiger partial charge >= 0.3 is 5.97 Å². The molecular formula is C17H17FN2O5S. The molecule has 0 aliphatic rings. The van der Waals surface area contributed by atoms with Crippen LogP contribution < -0.4 is 10.0 Å². The van der Waals surface area contributed by atoms with Crippen molar-refractivity contribution in [3.8, 4) is 0 Å². The van der Waals surface area contributed by atoms with Crippen LogP contribution in [0.25, 0.3) is 0 Å². The zero-order chi connectivity index (χ0) is 19.5. The maximum atomic E-state index is 13.9. The van der Waals surface area contributed by atoms with Crippen molar-refractivity contribution in [1.29, 1.82) is 0 Å². The molecule has 1 atom stereocenters. The molecule has 2 aromatic carbocycles. The minimum absolute atomic E-state index is 0.439. The molecule has 1 amide bonds. The van der Waals surface area contributed by atoms with Crippen molar-refractivity contribution in [3.05, 3.63) is 59.9 Å². The molecule has 0 heterocycles. The van der Waals surface area contributed by atoms with Gasteiger partial charge in [-0.25, -0.2) is 22.7 Å². The number of para-hydroxylation sites is 1. The van der Waals surface area contributed by atoms with E-state index in [-0.39, 0.29) is 0 Å². The first-order valence-electron chi connectivity index (χ1n) is 7.47. The SMILES string of the molecule is C[C@H](OC(=O)c1cc(S(N)(=O)=O)ccc1F)C(=O)N(C)c1ccccc1. The molecule has 2 N–H and O–H groups in total. The Bertz CT molecular complexity index is 931. The number of benzene rings is 2. The van der Waals surface area contributed by atoms with E-state index in [0.29, 0.717) is 5.69 Å². The van der Waals surface area contributed by atoms with Gasteiger partial charge < -0.3 is 9.64 Å². The number of amides is 1. The molecule has 2 aromatic rings. The zero-order valence-electron chi connectivity index (χ0n) is 14.0. The molecule has 2 rings (SSSR count). The molecule has 9 heteroatoms. The molecule has 138 valence electrons. The third-order valence-electron chi connectivity index (χ3n) is 3.59. The van der Waals surface area contributed by atoms with E-state index in [1.54, 1.807) is 30.3 Å². The van der Waals surface area contributed by atoms with Crippen molar-refractivity contribution in [3.63, 3.8) is 0 Å². The topological polar surface area (TPSA) is 107 Å². The highest BCUT2D eigenvalue weighted by Crippen LogP contribution is 2.17. The first-order valence-corrected chi connectivity index (χ1v) is 9.02. The number of ether oxygens (including phenoxy) is 1. The van der Waals surface area contributed by atoms with Crippen molar-refractivity contribution in [2.75, 3.05) is 11.9 Å². The highest BCUT2D eigenvalue weighted by atomic mass is 32.2. The number of primary sulfonamides is 1. The molecule has 0 unspecified atom stereocenters. The second-order valence-electron chi connectivity index (χ2n) is 5.47. The Hall–Kier alpha value is -2.78. The number of carbonyl (C=O) groups excluding carboxylic acids is 2. The molecule has 0 saturated heterocycles. The van der Waals surface area contributed by atoms with Gasteiger partial charge in [-0.3, -0.25) is 4.79 Å². The molecule has 26 heavy (non-hydrogen) atoms. The lowest BCUT2D eigenvalue weighted by atomic mass is 10.2. The molecule has 7 nitrogen and oxygen atoms in total. The molecule has 0 fully saturated rings. The van der Waals surface area contributed by atoms with Gasteiger partial charge in [-0.15, -0.1) is 0 Å². The van der Waals surface area contributed by atoms with E-state index >= 15 is 0 Å². The molecule has 0 saturated carbocycles. The van der Waals surface area contributed by atoms with E-state index < -0.39 is 44.3 Å². The number of hydrogen-bond acceptors (Lipinski definition) is 5. The van der Waals surface area contributed by atoms with Gasteiger partial charge in [0.1, 0.15) is 5.82 Å². The Morgan fingerprint density at radius 3 is 2.35 bits per heavy atom. The smallest absolute Gasteiger partial charge is 0.341 e. The number of hydrogen-bond donors (Lipinski definition) is 1. The minimum atomic E-state index is -4.12. The summed E-state index contributed by atoms with van der Waals surface area (Å²) in [4.78, 5) is 25.4. The summed E-state index contributed by atoms with van der Waals surface area (Å²) in [6, 6.07) is 11.1. The lowest BCUT2D eigenvalue weighted by molar-refractivity contribution is -0.126. The zero-order valence-corrected chi connectivity index (χ0v) is 14.9. The van der Waals surface area contributed by atoms with Gasteiger partial charge in [-0.2, -0.15) is 0 Å². The van der Waals surface area contributed by atoms with Crippen molar-refractivity contribution in [2.45, 2.75) is 17.9 Å². The number of carbonyl (C=O) groups is 2. The summed E-state index contributed by atoms with van der Waals surface area (Å²) < 4.78 is 41.5. The van der Waals surface area contributed by atoms with Gasteiger partial charge in [0.05, 0.1) is 10.5 Å². The predicted molar refractivity (Wildman–Crippen MR) is 92.5 cm³/mol. The number of halogens is 1. The molecule has 0 spiro atoms. The number of esters is 1. The van der Waals surface area contributed by atoms with E-state index in [0.717, 1.165) is 18.2 Å². The van der Waals surface area contributed by atoms with Crippen LogP contribution in [0.2, 0.25) is 0 Å². The number of nitrogens with zero attached hydrogens (tertiary/aromatic N) is 1. The van der Waals surface area contributed by atoms with Crippen LogP contribution in [0.4, 0.5) is 10.1 Å². The van der Waals surface area contributed by atoms with E-state index in [9.17, 15) is 22.4 Å². The molecule has 0 aliphatic heterocycles. The van der Waals surface area contributed by atoms with Crippen LogP contribution in [-0.4, -0.2) is 33.4 Å². The number of rotatable bonds is 5.